The molecule has 2 unspecified atom stereocenters. The molecule has 0 amide bonds. The number of sulfonamides is 1. The number of H-pyrrole nitrogens is 1. The van der Waals surface area contributed by atoms with Gasteiger partial charge in [0, 0.05) is 18.3 Å². The molecule has 0 aliphatic carbocycles. The number of nitrogens with zero attached hydrogens (tertiary/aromatic N) is 1. The number of hydrogen-bond acceptors (Lipinski definition) is 6. The fraction of sp³-hybridized carbons (Fsp3) is 0.500. The fourth-order valence-corrected chi connectivity index (χ4v) is 2.52. The minimum Gasteiger partial charge on any atom is -0.480 e. The maximum Gasteiger partial charge on any atom is 0.325 e. The largest absolute Gasteiger partial charge is 0.480 e. The Labute approximate surface area is 115 Å². The van der Waals surface area contributed by atoms with E-state index < -0.39 is 33.3 Å². The number of aromatic nitrogens is 2. The van der Waals surface area contributed by atoms with E-state index in [1.54, 1.807) is 0 Å². The second-order valence-corrected chi connectivity index (χ2v) is 6.03. The summed E-state index contributed by atoms with van der Waals surface area (Å²) in [5.74, 6) is -2.33. The van der Waals surface area contributed by atoms with Crippen LogP contribution in [0, 0.1) is 0 Å². The van der Waals surface area contributed by atoms with Gasteiger partial charge in [-0.15, -0.1) is 0 Å². The third kappa shape index (κ3) is 4.03. The monoisotopic (exact) mass is 305 g/mol. The van der Waals surface area contributed by atoms with Crippen LogP contribution in [0.15, 0.2) is 12.5 Å². The Balaban J connectivity index is 2.85. The van der Waals surface area contributed by atoms with Crippen molar-refractivity contribution in [2.24, 2.45) is 0 Å². The van der Waals surface area contributed by atoms with Crippen LogP contribution in [0.1, 0.15) is 12.6 Å². The number of nitrogens with one attached hydrogen (secondary N) is 2. The van der Waals surface area contributed by atoms with Gasteiger partial charge in [0.25, 0.3) is 0 Å². The average molecular weight is 305 g/mol. The molecular weight excluding hydrogens is 290 g/mol. The van der Waals surface area contributed by atoms with Gasteiger partial charge in [-0.2, -0.15) is 4.72 Å². The van der Waals surface area contributed by atoms with Gasteiger partial charge in [-0.25, -0.2) is 13.4 Å². The average Bonchev–Trinajstić information content (AvgIpc) is 2.88. The number of aliphatic carboxylic acids is 1. The maximum atomic E-state index is 11.9. The first-order valence-corrected chi connectivity index (χ1v) is 7.11. The second kappa shape index (κ2) is 6.48. The van der Waals surface area contributed by atoms with Gasteiger partial charge in [0.1, 0.15) is 6.04 Å². The highest BCUT2D eigenvalue weighted by Gasteiger charge is 2.33. The minimum atomic E-state index is -4.16. The number of carboxylic acids is 1. The predicted octanol–water partition coefficient (Wildman–Crippen LogP) is -1.11. The van der Waals surface area contributed by atoms with Crippen LogP contribution in [0.3, 0.4) is 0 Å². The lowest BCUT2D eigenvalue weighted by Gasteiger charge is -2.17. The first kappa shape index (κ1) is 16.1. The van der Waals surface area contributed by atoms with Gasteiger partial charge in [-0.1, -0.05) is 0 Å². The molecule has 1 rings (SSSR count). The summed E-state index contributed by atoms with van der Waals surface area (Å²) in [5.41, 5.74) is 0.450. The number of hydrogen-bond donors (Lipinski definition) is 3. The zero-order valence-electron chi connectivity index (χ0n) is 10.9. The highest BCUT2D eigenvalue weighted by Crippen LogP contribution is 2.06. The minimum absolute atomic E-state index is 0.123. The maximum absolute atomic E-state index is 11.9. The number of rotatable bonds is 7. The Morgan fingerprint density at radius 3 is 2.65 bits per heavy atom. The Bertz CT molecular complexity index is 568. The molecule has 0 bridgehead atoms. The van der Waals surface area contributed by atoms with E-state index in [1.165, 1.54) is 12.5 Å². The van der Waals surface area contributed by atoms with E-state index in [9.17, 15) is 18.0 Å². The lowest BCUT2D eigenvalue weighted by molar-refractivity contribution is -0.140. The summed E-state index contributed by atoms with van der Waals surface area (Å²) in [4.78, 5) is 28.7. The van der Waals surface area contributed by atoms with Crippen LogP contribution in [-0.4, -0.2) is 53.8 Å². The molecule has 1 heterocycles. The van der Waals surface area contributed by atoms with Gasteiger partial charge in [0.15, 0.2) is 5.25 Å². The van der Waals surface area contributed by atoms with Crippen LogP contribution in [-0.2, 0) is 30.8 Å². The molecule has 0 saturated heterocycles. The Morgan fingerprint density at radius 2 is 2.20 bits per heavy atom. The predicted molar refractivity (Wildman–Crippen MR) is 67.2 cm³/mol. The third-order valence-electron chi connectivity index (χ3n) is 2.58. The standard InChI is InChI=1S/C10H15N3O6S/c1-6(10(16)19-2)20(17,18)13-8(9(14)15)3-7-4-11-5-12-7/h4-6,8,13H,3H2,1-2H3,(H,11,12)(H,14,15). The number of ether oxygens (including phenoxy) is 1. The molecule has 1 aromatic rings. The first-order valence-electron chi connectivity index (χ1n) is 5.57. The molecular formula is C10H15N3O6S. The van der Waals surface area contributed by atoms with Gasteiger partial charge in [-0.05, 0) is 6.92 Å². The summed E-state index contributed by atoms with van der Waals surface area (Å²) in [6.45, 7) is 1.11. The second-order valence-electron chi connectivity index (χ2n) is 4.00. The molecule has 112 valence electrons. The van der Waals surface area contributed by atoms with Crippen molar-refractivity contribution >= 4 is 22.0 Å². The topological polar surface area (TPSA) is 138 Å². The zero-order valence-corrected chi connectivity index (χ0v) is 11.7. The molecule has 3 N–H and O–H groups in total. The van der Waals surface area contributed by atoms with E-state index >= 15 is 0 Å². The molecule has 0 aliphatic heterocycles. The van der Waals surface area contributed by atoms with Crippen molar-refractivity contribution < 1.29 is 27.9 Å². The Morgan fingerprint density at radius 1 is 1.55 bits per heavy atom. The van der Waals surface area contributed by atoms with Gasteiger partial charge >= 0.3 is 11.9 Å². The lowest BCUT2D eigenvalue weighted by atomic mass is 10.2. The molecule has 10 heteroatoms. The van der Waals surface area contributed by atoms with Crippen molar-refractivity contribution in [1.82, 2.24) is 14.7 Å². The van der Waals surface area contributed by atoms with Crippen molar-refractivity contribution in [3.63, 3.8) is 0 Å². The summed E-state index contributed by atoms with van der Waals surface area (Å²) >= 11 is 0. The van der Waals surface area contributed by atoms with Crippen LogP contribution in [0.5, 0.6) is 0 Å². The number of methoxy groups -OCH3 is 1. The summed E-state index contributed by atoms with van der Waals surface area (Å²) in [5, 5.41) is 7.53. The van der Waals surface area contributed by atoms with Gasteiger partial charge in [0.2, 0.25) is 10.0 Å². The molecule has 0 radical (unpaired) electrons. The normalized spacial score (nSPS) is 14.5. The molecule has 1 aromatic heterocycles. The molecule has 0 fully saturated rings. The first-order chi connectivity index (χ1) is 9.27. The molecule has 0 spiro atoms. The SMILES string of the molecule is COC(=O)C(C)S(=O)(=O)NC(Cc1cnc[nH]1)C(=O)O. The molecule has 2 atom stereocenters. The van der Waals surface area contributed by atoms with E-state index in [4.69, 9.17) is 5.11 Å². The summed E-state index contributed by atoms with van der Waals surface area (Å²) in [7, 11) is -3.11. The van der Waals surface area contributed by atoms with Crippen LogP contribution in [0.2, 0.25) is 0 Å². The molecule has 0 aromatic carbocycles. The molecule has 0 aliphatic rings. The smallest absolute Gasteiger partial charge is 0.325 e. The molecule has 20 heavy (non-hydrogen) atoms. The highest BCUT2D eigenvalue weighted by molar-refractivity contribution is 7.90. The van der Waals surface area contributed by atoms with Crippen LogP contribution in [0.4, 0.5) is 0 Å². The Kier molecular flexibility index (Phi) is 5.22. The number of carbonyl (C=O) groups excluding carboxylic acids is 1. The molecule has 9 nitrogen and oxygen atoms in total. The van der Waals surface area contributed by atoms with Crippen molar-refractivity contribution in [3.05, 3.63) is 18.2 Å². The van der Waals surface area contributed by atoms with Crippen LogP contribution < -0.4 is 4.72 Å². The Hall–Kier alpha value is -1.94. The summed E-state index contributed by atoms with van der Waals surface area (Å²) < 4.78 is 30.0. The van der Waals surface area contributed by atoms with E-state index in [1.807, 2.05) is 4.72 Å². The summed E-state index contributed by atoms with van der Waals surface area (Å²) in [6, 6.07) is -1.41. The lowest BCUT2D eigenvalue weighted by Crippen LogP contribution is -2.47. The number of esters is 1. The zero-order chi connectivity index (χ0) is 15.3. The number of aromatic amines is 1. The fourth-order valence-electron chi connectivity index (χ4n) is 1.39. The van der Waals surface area contributed by atoms with Crippen LogP contribution >= 0.6 is 0 Å². The number of carbonyl (C=O) groups is 2. The quantitative estimate of drug-likeness (QED) is 0.543. The third-order valence-corrected chi connectivity index (χ3v) is 4.32. The van der Waals surface area contributed by atoms with Crippen molar-refractivity contribution in [2.75, 3.05) is 7.11 Å². The van der Waals surface area contributed by atoms with E-state index in [0.29, 0.717) is 5.69 Å². The van der Waals surface area contributed by atoms with E-state index in [0.717, 1.165) is 14.0 Å². The van der Waals surface area contributed by atoms with E-state index in [2.05, 4.69) is 14.7 Å². The number of imidazole rings is 1. The van der Waals surface area contributed by atoms with Crippen molar-refractivity contribution in [1.29, 1.82) is 0 Å². The van der Waals surface area contributed by atoms with Gasteiger partial charge in [-0.3, -0.25) is 9.59 Å². The van der Waals surface area contributed by atoms with Crippen molar-refractivity contribution in [2.45, 2.75) is 24.6 Å². The molecule has 0 saturated carbocycles. The van der Waals surface area contributed by atoms with Gasteiger partial charge in [0.05, 0.1) is 13.4 Å². The summed E-state index contributed by atoms with van der Waals surface area (Å²) in [6.07, 6.45) is 2.61. The number of carboxylic acid groups (broad SMARTS) is 1. The van der Waals surface area contributed by atoms with E-state index in [-0.39, 0.29) is 6.42 Å². The van der Waals surface area contributed by atoms with Gasteiger partial charge < -0.3 is 14.8 Å². The van der Waals surface area contributed by atoms with Crippen LogP contribution in [0.25, 0.3) is 0 Å². The van der Waals surface area contributed by atoms with Crippen molar-refractivity contribution in [3.8, 4) is 0 Å². The highest BCUT2D eigenvalue weighted by atomic mass is 32.2.